The number of thioether (sulfide) groups is 1. The Morgan fingerprint density at radius 3 is 1.59 bits per heavy atom. The lowest BCUT2D eigenvalue weighted by molar-refractivity contribution is -0.240. The first-order chi connectivity index (χ1) is 19.3. The van der Waals surface area contributed by atoms with Crippen LogP contribution in [0.3, 0.4) is 0 Å². The number of rotatable bonds is 12. The number of aliphatic hydroxyl groups excluding tert-OH is 1. The molecule has 0 unspecified atom stereocenters. The fourth-order valence-electron chi connectivity index (χ4n) is 4.54. The third kappa shape index (κ3) is 8.02. The van der Waals surface area contributed by atoms with Crippen molar-refractivity contribution in [1.29, 1.82) is 0 Å². The number of hydrogen-bond acceptors (Lipinski definition) is 6. The molecule has 0 amide bonds. The van der Waals surface area contributed by atoms with Crippen molar-refractivity contribution in [3.8, 4) is 0 Å². The molecule has 0 bridgehead atoms. The standard InChI is InChI=1S/C33H34O5S/c34-30-31(36-22-26-15-7-2-8-16-26)29(24-35-21-25-13-5-1-6-14-25)38-33(39-28-19-11-4-12-20-28)32(30)37-23-27-17-9-3-10-18-27/h1-20,29-34H,21-24H2/t29-,30+,31-,32+,33+/m1/s1. The highest BCUT2D eigenvalue weighted by Gasteiger charge is 2.47. The molecule has 39 heavy (non-hydrogen) atoms. The second kappa shape index (κ2) is 14.4. The van der Waals surface area contributed by atoms with E-state index < -0.39 is 29.9 Å². The minimum absolute atomic E-state index is 0.280. The van der Waals surface area contributed by atoms with Gasteiger partial charge in [-0.1, -0.05) is 121 Å². The van der Waals surface area contributed by atoms with Gasteiger partial charge in [0, 0.05) is 4.90 Å². The second-order valence-electron chi connectivity index (χ2n) is 9.49. The molecular formula is C33H34O5S. The molecule has 0 aromatic heterocycles. The Bertz CT molecular complexity index is 1220. The zero-order valence-corrected chi connectivity index (χ0v) is 22.6. The highest BCUT2D eigenvalue weighted by atomic mass is 32.2. The summed E-state index contributed by atoms with van der Waals surface area (Å²) in [6.07, 6.45) is -2.64. The summed E-state index contributed by atoms with van der Waals surface area (Å²) >= 11 is 1.54. The SMILES string of the molecule is O[C@H]1[C@H](OCc2ccccc2)[C@@H](COCc2ccccc2)O[C@@H](Sc2ccccc2)[C@H]1OCc1ccccc1. The first kappa shape index (κ1) is 27.6. The lowest BCUT2D eigenvalue weighted by Gasteiger charge is -2.44. The molecule has 4 aromatic rings. The molecule has 1 N–H and O–H groups in total. The van der Waals surface area contributed by atoms with Crippen molar-refractivity contribution < 1.29 is 24.1 Å². The van der Waals surface area contributed by atoms with E-state index in [0.29, 0.717) is 19.8 Å². The van der Waals surface area contributed by atoms with Crippen LogP contribution in [0.2, 0.25) is 0 Å². The van der Waals surface area contributed by atoms with Gasteiger partial charge in [-0.15, -0.1) is 0 Å². The lowest BCUT2D eigenvalue weighted by Crippen LogP contribution is -2.59. The van der Waals surface area contributed by atoms with Gasteiger partial charge in [0.2, 0.25) is 0 Å². The van der Waals surface area contributed by atoms with Crippen molar-refractivity contribution in [2.45, 2.75) is 54.6 Å². The molecule has 1 heterocycles. The number of ether oxygens (including phenoxy) is 4. The molecule has 5 rings (SSSR count). The van der Waals surface area contributed by atoms with Crippen molar-refractivity contribution in [3.63, 3.8) is 0 Å². The molecule has 202 valence electrons. The molecular weight excluding hydrogens is 508 g/mol. The number of benzene rings is 4. The molecule has 1 aliphatic rings. The van der Waals surface area contributed by atoms with Crippen LogP contribution in [-0.4, -0.2) is 41.6 Å². The average Bonchev–Trinajstić information content (AvgIpc) is 2.99. The van der Waals surface area contributed by atoms with Gasteiger partial charge in [-0.05, 0) is 28.8 Å². The summed E-state index contributed by atoms with van der Waals surface area (Å²) in [4.78, 5) is 1.04. The predicted octanol–water partition coefficient (Wildman–Crippen LogP) is 6.25. The molecule has 5 nitrogen and oxygen atoms in total. The van der Waals surface area contributed by atoms with E-state index in [1.165, 1.54) is 0 Å². The van der Waals surface area contributed by atoms with Crippen molar-refractivity contribution in [2.75, 3.05) is 6.61 Å². The summed E-state index contributed by atoms with van der Waals surface area (Å²) < 4.78 is 25.4. The van der Waals surface area contributed by atoms with Gasteiger partial charge in [-0.25, -0.2) is 0 Å². The van der Waals surface area contributed by atoms with Gasteiger partial charge in [0.05, 0.1) is 26.4 Å². The Morgan fingerprint density at radius 2 is 1.05 bits per heavy atom. The fraction of sp³-hybridized carbons (Fsp3) is 0.273. The van der Waals surface area contributed by atoms with Gasteiger partial charge in [-0.3, -0.25) is 0 Å². The molecule has 1 aliphatic heterocycles. The summed E-state index contributed by atoms with van der Waals surface area (Å²) in [6.45, 7) is 1.44. The van der Waals surface area contributed by atoms with Crippen molar-refractivity contribution in [1.82, 2.24) is 0 Å². The van der Waals surface area contributed by atoms with E-state index in [1.807, 2.05) is 121 Å². The Hall–Kier alpha value is -2.97. The van der Waals surface area contributed by atoms with Crippen molar-refractivity contribution >= 4 is 11.8 Å². The second-order valence-corrected chi connectivity index (χ2v) is 10.7. The van der Waals surface area contributed by atoms with Crippen LogP contribution in [0.25, 0.3) is 0 Å². The lowest BCUT2D eigenvalue weighted by atomic mass is 9.99. The average molecular weight is 543 g/mol. The minimum Gasteiger partial charge on any atom is -0.387 e. The van der Waals surface area contributed by atoms with Crippen molar-refractivity contribution in [3.05, 3.63) is 138 Å². The van der Waals surface area contributed by atoms with Gasteiger partial charge in [0.1, 0.15) is 29.9 Å². The highest BCUT2D eigenvalue weighted by molar-refractivity contribution is 7.99. The summed E-state index contributed by atoms with van der Waals surface area (Å²) in [5.74, 6) is 0. The quantitative estimate of drug-likeness (QED) is 0.228. The molecule has 0 radical (unpaired) electrons. The van der Waals surface area contributed by atoms with Crippen molar-refractivity contribution in [2.24, 2.45) is 0 Å². The molecule has 6 heteroatoms. The smallest absolute Gasteiger partial charge is 0.137 e. The zero-order valence-electron chi connectivity index (χ0n) is 21.8. The molecule has 4 aromatic carbocycles. The van der Waals surface area contributed by atoms with Gasteiger partial charge in [0.25, 0.3) is 0 Å². The van der Waals surface area contributed by atoms with E-state index in [0.717, 1.165) is 21.6 Å². The summed E-state index contributed by atoms with van der Waals surface area (Å²) in [5.41, 5.74) is 2.68. The largest absolute Gasteiger partial charge is 0.387 e. The molecule has 1 saturated heterocycles. The maximum Gasteiger partial charge on any atom is 0.137 e. The van der Waals surface area contributed by atoms with Crippen LogP contribution >= 0.6 is 11.8 Å². The van der Waals surface area contributed by atoms with Crippen LogP contribution in [0.5, 0.6) is 0 Å². The van der Waals surface area contributed by atoms with Crippen LogP contribution in [0, 0.1) is 0 Å². The molecule has 5 atom stereocenters. The van der Waals surface area contributed by atoms with E-state index in [9.17, 15) is 5.11 Å². The first-order valence-electron chi connectivity index (χ1n) is 13.2. The van der Waals surface area contributed by atoms with Crippen LogP contribution in [0.15, 0.2) is 126 Å². The van der Waals surface area contributed by atoms with Crippen LogP contribution in [-0.2, 0) is 38.8 Å². The predicted molar refractivity (Wildman–Crippen MR) is 153 cm³/mol. The zero-order chi connectivity index (χ0) is 26.7. The number of aliphatic hydroxyl groups is 1. The van der Waals surface area contributed by atoms with Crippen LogP contribution in [0.1, 0.15) is 16.7 Å². The van der Waals surface area contributed by atoms with E-state index in [2.05, 4.69) is 0 Å². The maximum atomic E-state index is 11.7. The molecule has 0 aliphatic carbocycles. The molecule has 0 saturated carbocycles. The monoisotopic (exact) mass is 542 g/mol. The summed E-state index contributed by atoms with van der Waals surface area (Å²) in [7, 11) is 0. The Balaban J connectivity index is 1.35. The van der Waals surface area contributed by atoms with Gasteiger partial charge in [-0.2, -0.15) is 0 Å². The summed E-state index contributed by atoms with van der Waals surface area (Å²) in [5, 5.41) is 11.7. The fourth-order valence-corrected chi connectivity index (χ4v) is 5.70. The minimum atomic E-state index is -0.919. The number of hydrogen-bond donors (Lipinski definition) is 1. The maximum absolute atomic E-state index is 11.7. The Morgan fingerprint density at radius 1 is 0.590 bits per heavy atom. The first-order valence-corrected chi connectivity index (χ1v) is 14.1. The molecule has 1 fully saturated rings. The van der Waals surface area contributed by atoms with E-state index >= 15 is 0 Å². The normalized spacial score (nSPS) is 22.9. The molecule has 0 spiro atoms. The van der Waals surface area contributed by atoms with E-state index in [4.69, 9.17) is 18.9 Å². The van der Waals surface area contributed by atoms with Crippen LogP contribution in [0.4, 0.5) is 0 Å². The summed E-state index contributed by atoms with van der Waals surface area (Å²) in [6, 6.07) is 40.0. The van der Waals surface area contributed by atoms with Gasteiger partial charge < -0.3 is 24.1 Å². The third-order valence-corrected chi connectivity index (χ3v) is 7.73. The Kier molecular flexibility index (Phi) is 10.2. The van der Waals surface area contributed by atoms with Gasteiger partial charge in [0.15, 0.2) is 0 Å². The van der Waals surface area contributed by atoms with Crippen LogP contribution < -0.4 is 0 Å². The topological polar surface area (TPSA) is 57.2 Å². The van der Waals surface area contributed by atoms with E-state index in [-0.39, 0.29) is 6.61 Å². The highest BCUT2D eigenvalue weighted by Crippen LogP contribution is 2.36. The van der Waals surface area contributed by atoms with E-state index in [1.54, 1.807) is 11.8 Å². The Labute approximate surface area is 234 Å². The third-order valence-electron chi connectivity index (χ3n) is 6.58. The van der Waals surface area contributed by atoms with Gasteiger partial charge >= 0.3 is 0 Å².